The third-order valence-corrected chi connectivity index (χ3v) is 3.39. The number of hydrogen-bond acceptors (Lipinski definition) is 4. The van der Waals surface area contributed by atoms with Crippen LogP contribution in [-0.4, -0.2) is 11.5 Å². The van der Waals surface area contributed by atoms with Crippen LogP contribution in [-0.2, 0) is 0 Å². The Kier molecular flexibility index (Phi) is 3.41. The minimum atomic E-state index is 0.165. The number of thiophene rings is 1. The SMILES string of the molecule is CCNC(C)c1ncc(-c2cscc2C)o1. The second kappa shape index (κ2) is 4.80. The van der Waals surface area contributed by atoms with Crippen molar-refractivity contribution in [2.75, 3.05) is 6.54 Å². The average molecular weight is 236 g/mol. The molecule has 0 aromatic carbocycles. The first kappa shape index (κ1) is 11.4. The Morgan fingerprint density at radius 1 is 1.50 bits per heavy atom. The van der Waals surface area contributed by atoms with Crippen LogP contribution in [0.25, 0.3) is 11.3 Å². The Balaban J connectivity index is 2.23. The molecule has 0 bridgehead atoms. The molecule has 1 unspecified atom stereocenters. The van der Waals surface area contributed by atoms with Crippen LogP contribution in [0.4, 0.5) is 0 Å². The van der Waals surface area contributed by atoms with Gasteiger partial charge in [-0.1, -0.05) is 6.92 Å². The smallest absolute Gasteiger partial charge is 0.211 e. The Labute approximate surface area is 99.5 Å². The minimum Gasteiger partial charge on any atom is -0.439 e. The van der Waals surface area contributed by atoms with Gasteiger partial charge in [-0.2, -0.15) is 11.3 Å². The standard InChI is InChI=1S/C12H16N2OS/c1-4-13-9(3)12-14-5-11(15-12)10-7-16-6-8(10)2/h5-7,9,13H,4H2,1-3H3. The maximum absolute atomic E-state index is 5.76. The van der Waals surface area contributed by atoms with Crippen LogP contribution < -0.4 is 5.32 Å². The van der Waals surface area contributed by atoms with E-state index in [0.29, 0.717) is 0 Å². The first-order valence-corrected chi connectivity index (χ1v) is 6.39. The molecule has 0 aliphatic rings. The van der Waals surface area contributed by atoms with Crippen LogP contribution in [0.2, 0.25) is 0 Å². The van der Waals surface area contributed by atoms with Crippen LogP contribution in [0, 0.1) is 6.92 Å². The van der Waals surface area contributed by atoms with Crippen molar-refractivity contribution in [2.45, 2.75) is 26.8 Å². The maximum atomic E-state index is 5.76. The Hall–Kier alpha value is -1.13. The summed E-state index contributed by atoms with van der Waals surface area (Å²) < 4.78 is 5.76. The van der Waals surface area contributed by atoms with E-state index in [1.54, 1.807) is 17.5 Å². The van der Waals surface area contributed by atoms with Crippen molar-refractivity contribution in [1.29, 1.82) is 0 Å². The van der Waals surface area contributed by atoms with Gasteiger partial charge in [0.05, 0.1) is 12.2 Å². The van der Waals surface area contributed by atoms with Gasteiger partial charge in [0, 0.05) is 10.9 Å². The minimum absolute atomic E-state index is 0.165. The third-order valence-electron chi connectivity index (χ3n) is 2.53. The van der Waals surface area contributed by atoms with Gasteiger partial charge < -0.3 is 9.73 Å². The van der Waals surface area contributed by atoms with Crippen LogP contribution in [0.5, 0.6) is 0 Å². The quantitative estimate of drug-likeness (QED) is 0.884. The molecular weight excluding hydrogens is 220 g/mol. The lowest BCUT2D eigenvalue weighted by molar-refractivity contribution is 0.429. The number of oxazole rings is 1. The molecule has 0 fully saturated rings. The van der Waals surface area contributed by atoms with Crippen molar-refractivity contribution in [3.8, 4) is 11.3 Å². The summed E-state index contributed by atoms with van der Waals surface area (Å²) >= 11 is 1.69. The lowest BCUT2D eigenvalue weighted by atomic mass is 10.2. The topological polar surface area (TPSA) is 38.1 Å². The monoisotopic (exact) mass is 236 g/mol. The number of nitrogens with one attached hydrogen (secondary N) is 1. The average Bonchev–Trinajstić information content (AvgIpc) is 2.86. The normalized spacial score (nSPS) is 12.9. The van der Waals surface area contributed by atoms with Crippen molar-refractivity contribution >= 4 is 11.3 Å². The molecule has 2 aromatic rings. The van der Waals surface area contributed by atoms with Crippen molar-refractivity contribution < 1.29 is 4.42 Å². The lowest BCUT2D eigenvalue weighted by Gasteiger charge is -2.06. The van der Waals surface area contributed by atoms with Gasteiger partial charge in [-0.3, -0.25) is 0 Å². The van der Waals surface area contributed by atoms with Crippen LogP contribution in [0.15, 0.2) is 21.4 Å². The highest BCUT2D eigenvalue weighted by molar-refractivity contribution is 7.08. The van der Waals surface area contributed by atoms with Gasteiger partial charge in [0.15, 0.2) is 5.76 Å². The van der Waals surface area contributed by atoms with Gasteiger partial charge in [0.25, 0.3) is 0 Å². The molecule has 3 nitrogen and oxygen atoms in total. The Morgan fingerprint density at radius 2 is 2.31 bits per heavy atom. The fourth-order valence-corrected chi connectivity index (χ4v) is 2.46. The van der Waals surface area contributed by atoms with Crippen LogP contribution >= 0.6 is 11.3 Å². The highest BCUT2D eigenvalue weighted by Gasteiger charge is 2.13. The van der Waals surface area contributed by atoms with Crippen molar-refractivity contribution in [3.05, 3.63) is 28.4 Å². The first-order valence-electron chi connectivity index (χ1n) is 5.44. The molecule has 0 amide bonds. The number of rotatable bonds is 4. The van der Waals surface area contributed by atoms with E-state index in [2.05, 4.69) is 41.8 Å². The molecule has 0 saturated carbocycles. The van der Waals surface area contributed by atoms with Gasteiger partial charge in [-0.25, -0.2) is 4.98 Å². The number of aromatic nitrogens is 1. The molecule has 4 heteroatoms. The van der Waals surface area contributed by atoms with E-state index >= 15 is 0 Å². The molecule has 1 N–H and O–H groups in total. The van der Waals surface area contributed by atoms with Crippen molar-refractivity contribution in [3.63, 3.8) is 0 Å². The predicted molar refractivity (Wildman–Crippen MR) is 66.6 cm³/mol. The number of aryl methyl sites for hydroxylation is 1. The summed E-state index contributed by atoms with van der Waals surface area (Å²) in [5.41, 5.74) is 2.39. The molecule has 0 spiro atoms. The fraction of sp³-hybridized carbons (Fsp3) is 0.417. The summed E-state index contributed by atoms with van der Waals surface area (Å²) in [7, 11) is 0. The van der Waals surface area contributed by atoms with E-state index in [1.165, 1.54) is 5.56 Å². The summed E-state index contributed by atoms with van der Waals surface area (Å²) in [6.45, 7) is 7.13. The van der Waals surface area contributed by atoms with E-state index < -0.39 is 0 Å². The van der Waals surface area contributed by atoms with E-state index in [4.69, 9.17) is 4.42 Å². The van der Waals surface area contributed by atoms with E-state index in [-0.39, 0.29) is 6.04 Å². The molecule has 0 radical (unpaired) electrons. The van der Waals surface area contributed by atoms with Crippen LogP contribution in [0.3, 0.4) is 0 Å². The Bertz CT molecular complexity index is 461. The van der Waals surface area contributed by atoms with E-state index in [9.17, 15) is 0 Å². The highest BCUT2D eigenvalue weighted by Crippen LogP contribution is 2.28. The van der Waals surface area contributed by atoms with E-state index in [0.717, 1.165) is 23.8 Å². The molecule has 2 heterocycles. The largest absolute Gasteiger partial charge is 0.439 e. The first-order chi connectivity index (χ1) is 7.72. The lowest BCUT2D eigenvalue weighted by Crippen LogP contribution is -2.17. The summed E-state index contributed by atoms with van der Waals surface area (Å²) in [6, 6.07) is 0.165. The number of hydrogen-bond donors (Lipinski definition) is 1. The van der Waals surface area contributed by atoms with Gasteiger partial charge in [0.2, 0.25) is 5.89 Å². The van der Waals surface area contributed by atoms with Gasteiger partial charge in [0.1, 0.15) is 0 Å². The molecule has 16 heavy (non-hydrogen) atoms. The van der Waals surface area contributed by atoms with Crippen molar-refractivity contribution in [1.82, 2.24) is 10.3 Å². The molecular formula is C12H16N2OS. The summed E-state index contributed by atoms with van der Waals surface area (Å²) in [5.74, 6) is 1.61. The molecule has 0 saturated heterocycles. The fourth-order valence-electron chi connectivity index (χ4n) is 1.62. The zero-order valence-electron chi connectivity index (χ0n) is 9.78. The molecule has 0 aliphatic carbocycles. The zero-order chi connectivity index (χ0) is 11.5. The van der Waals surface area contributed by atoms with Crippen molar-refractivity contribution in [2.24, 2.45) is 0 Å². The Morgan fingerprint density at radius 3 is 2.94 bits per heavy atom. The summed E-state index contributed by atoms with van der Waals surface area (Å²) in [5, 5.41) is 7.49. The second-order valence-electron chi connectivity index (χ2n) is 3.81. The number of nitrogens with zero attached hydrogens (tertiary/aromatic N) is 1. The molecule has 2 rings (SSSR count). The molecule has 1 atom stereocenters. The van der Waals surface area contributed by atoms with E-state index in [1.807, 2.05) is 0 Å². The summed E-state index contributed by atoms with van der Waals surface area (Å²) in [6.07, 6.45) is 1.80. The molecule has 2 aromatic heterocycles. The van der Waals surface area contributed by atoms with Gasteiger partial charge in [-0.15, -0.1) is 0 Å². The molecule has 0 aliphatic heterocycles. The molecule has 86 valence electrons. The third kappa shape index (κ3) is 2.18. The van der Waals surface area contributed by atoms with Gasteiger partial charge >= 0.3 is 0 Å². The predicted octanol–water partition coefficient (Wildman–Crippen LogP) is 3.38. The highest BCUT2D eigenvalue weighted by atomic mass is 32.1. The maximum Gasteiger partial charge on any atom is 0.211 e. The van der Waals surface area contributed by atoms with Gasteiger partial charge in [-0.05, 0) is 31.3 Å². The zero-order valence-corrected chi connectivity index (χ0v) is 10.6. The van der Waals surface area contributed by atoms with Crippen LogP contribution in [0.1, 0.15) is 31.3 Å². The summed E-state index contributed by atoms with van der Waals surface area (Å²) in [4.78, 5) is 4.31. The second-order valence-corrected chi connectivity index (χ2v) is 4.55.